The van der Waals surface area contributed by atoms with E-state index in [4.69, 9.17) is 28.9 Å². The Kier molecular flexibility index (Phi) is 4.31. The van der Waals surface area contributed by atoms with Crippen molar-refractivity contribution in [1.29, 1.82) is 0 Å². The van der Waals surface area contributed by atoms with Gasteiger partial charge in [0.2, 0.25) is 0 Å². The number of rotatable bonds is 3. The van der Waals surface area contributed by atoms with E-state index in [1.54, 1.807) is 0 Å². The highest BCUT2D eigenvalue weighted by Gasteiger charge is 2.26. The molecule has 1 aromatic carbocycles. The number of hydrogen-bond acceptors (Lipinski definition) is 2. The summed E-state index contributed by atoms with van der Waals surface area (Å²) >= 11 is 12.0. The second-order valence-electron chi connectivity index (χ2n) is 4.81. The van der Waals surface area contributed by atoms with Crippen LogP contribution in [0.15, 0.2) is 18.2 Å². The van der Waals surface area contributed by atoms with Crippen LogP contribution in [0.2, 0.25) is 10.0 Å². The van der Waals surface area contributed by atoms with Crippen molar-refractivity contribution in [1.82, 2.24) is 4.90 Å². The lowest BCUT2D eigenvalue weighted by Crippen LogP contribution is -2.31. The maximum absolute atomic E-state index is 6.06. The van der Waals surface area contributed by atoms with Crippen molar-refractivity contribution in [3.05, 3.63) is 33.8 Å². The van der Waals surface area contributed by atoms with Crippen LogP contribution >= 0.6 is 23.2 Å². The number of hydrogen-bond donors (Lipinski definition) is 1. The molecule has 0 amide bonds. The van der Waals surface area contributed by atoms with Crippen molar-refractivity contribution in [2.45, 2.75) is 19.4 Å². The second-order valence-corrected chi connectivity index (χ2v) is 5.63. The monoisotopic (exact) mass is 272 g/mol. The third-order valence-corrected chi connectivity index (χ3v) is 4.19. The molecule has 0 aromatic heterocycles. The predicted octanol–water partition coefficient (Wildman–Crippen LogP) is 3.34. The van der Waals surface area contributed by atoms with Crippen molar-refractivity contribution in [2.75, 3.05) is 19.6 Å². The minimum Gasteiger partial charge on any atom is -0.329 e. The lowest BCUT2D eigenvalue weighted by Gasteiger charge is -2.27. The van der Waals surface area contributed by atoms with E-state index >= 15 is 0 Å². The van der Waals surface area contributed by atoms with E-state index in [0.717, 1.165) is 24.6 Å². The van der Waals surface area contributed by atoms with Gasteiger partial charge in [-0.3, -0.25) is 4.90 Å². The normalized spacial score (nSPS) is 22.9. The minimum atomic E-state index is 0.259. The molecule has 4 heteroatoms. The first-order valence-corrected chi connectivity index (χ1v) is 6.76. The smallest absolute Gasteiger partial charge is 0.0595 e. The highest BCUT2D eigenvalue weighted by atomic mass is 35.5. The van der Waals surface area contributed by atoms with Gasteiger partial charge in [-0.2, -0.15) is 0 Å². The fourth-order valence-corrected chi connectivity index (χ4v) is 2.77. The zero-order valence-corrected chi connectivity index (χ0v) is 11.5. The van der Waals surface area contributed by atoms with Crippen LogP contribution in [-0.2, 0) is 0 Å². The Morgan fingerprint density at radius 3 is 2.71 bits per heavy atom. The molecule has 0 bridgehead atoms. The van der Waals surface area contributed by atoms with Crippen LogP contribution in [0.5, 0.6) is 0 Å². The quantitative estimate of drug-likeness (QED) is 0.915. The second kappa shape index (κ2) is 5.57. The van der Waals surface area contributed by atoms with E-state index in [-0.39, 0.29) is 6.04 Å². The average Bonchev–Trinajstić information content (AvgIpc) is 2.71. The van der Waals surface area contributed by atoms with Crippen LogP contribution in [0.4, 0.5) is 0 Å². The van der Waals surface area contributed by atoms with Crippen LogP contribution in [0.3, 0.4) is 0 Å². The molecule has 1 heterocycles. The molecular formula is C13H18Cl2N2. The summed E-state index contributed by atoms with van der Waals surface area (Å²) in [4.78, 5) is 2.43. The Labute approximate surface area is 113 Å². The fourth-order valence-electron chi connectivity index (χ4n) is 2.47. The summed E-state index contributed by atoms with van der Waals surface area (Å²) in [5, 5.41) is 1.20. The van der Waals surface area contributed by atoms with Crippen LogP contribution in [0.25, 0.3) is 0 Å². The van der Waals surface area contributed by atoms with Gasteiger partial charge in [-0.1, -0.05) is 36.2 Å². The molecule has 2 unspecified atom stereocenters. The number of likely N-dealkylation sites (tertiary alicyclic amines) is 1. The molecule has 1 saturated heterocycles. The van der Waals surface area contributed by atoms with Gasteiger partial charge in [0.05, 0.1) is 10.0 Å². The van der Waals surface area contributed by atoms with E-state index in [1.165, 1.54) is 6.42 Å². The molecule has 2 atom stereocenters. The largest absolute Gasteiger partial charge is 0.329 e. The zero-order valence-electron chi connectivity index (χ0n) is 10.00. The van der Waals surface area contributed by atoms with Gasteiger partial charge in [0, 0.05) is 19.1 Å². The molecule has 2 nitrogen and oxygen atoms in total. The topological polar surface area (TPSA) is 29.3 Å². The molecule has 1 aliphatic heterocycles. The van der Waals surface area contributed by atoms with E-state index in [2.05, 4.69) is 11.8 Å². The van der Waals surface area contributed by atoms with Crippen molar-refractivity contribution in [3.63, 3.8) is 0 Å². The van der Waals surface area contributed by atoms with E-state index in [0.29, 0.717) is 16.6 Å². The Morgan fingerprint density at radius 2 is 2.18 bits per heavy atom. The number of benzene rings is 1. The standard InChI is InChI=1S/C13H18Cl2N2/c1-9-4-5-17(8-9)13(7-16)10-2-3-11(14)12(15)6-10/h2-3,6,9,13H,4-5,7-8,16H2,1H3. The Morgan fingerprint density at radius 1 is 1.41 bits per heavy atom. The SMILES string of the molecule is CC1CCN(C(CN)c2ccc(Cl)c(Cl)c2)C1. The molecule has 0 aliphatic carbocycles. The van der Waals surface area contributed by atoms with E-state index < -0.39 is 0 Å². The van der Waals surface area contributed by atoms with Crippen LogP contribution in [0, 0.1) is 5.92 Å². The predicted molar refractivity (Wildman–Crippen MR) is 73.6 cm³/mol. The van der Waals surface area contributed by atoms with Gasteiger partial charge >= 0.3 is 0 Å². The lowest BCUT2D eigenvalue weighted by atomic mass is 10.1. The summed E-state index contributed by atoms with van der Waals surface area (Å²) in [6, 6.07) is 6.07. The van der Waals surface area contributed by atoms with Gasteiger partial charge in [-0.05, 0) is 36.6 Å². The van der Waals surface area contributed by atoms with Crippen LogP contribution < -0.4 is 5.73 Å². The zero-order chi connectivity index (χ0) is 12.4. The molecule has 0 saturated carbocycles. The van der Waals surface area contributed by atoms with Crippen molar-refractivity contribution < 1.29 is 0 Å². The maximum Gasteiger partial charge on any atom is 0.0595 e. The molecular weight excluding hydrogens is 255 g/mol. The summed E-state index contributed by atoms with van der Waals surface area (Å²) in [5.74, 6) is 0.756. The van der Waals surface area contributed by atoms with E-state index in [9.17, 15) is 0 Å². The van der Waals surface area contributed by atoms with Crippen LogP contribution in [-0.4, -0.2) is 24.5 Å². The van der Waals surface area contributed by atoms with Gasteiger partial charge in [0.25, 0.3) is 0 Å². The Bertz CT molecular complexity index is 395. The summed E-state index contributed by atoms with van der Waals surface area (Å²) in [6.07, 6.45) is 1.25. The Balaban J connectivity index is 2.20. The van der Waals surface area contributed by atoms with Gasteiger partial charge in [0.15, 0.2) is 0 Å². The van der Waals surface area contributed by atoms with Crippen molar-refractivity contribution in [2.24, 2.45) is 11.7 Å². The molecule has 1 aromatic rings. The molecule has 0 spiro atoms. The summed E-state index contributed by atoms with van der Waals surface area (Å²) < 4.78 is 0. The van der Waals surface area contributed by atoms with E-state index in [1.807, 2.05) is 18.2 Å². The van der Waals surface area contributed by atoms with Gasteiger partial charge in [-0.25, -0.2) is 0 Å². The first-order chi connectivity index (χ1) is 8.11. The van der Waals surface area contributed by atoms with Gasteiger partial charge in [0.1, 0.15) is 0 Å². The van der Waals surface area contributed by atoms with Crippen molar-refractivity contribution >= 4 is 23.2 Å². The molecule has 2 N–H and O–H groups in total. The third kappa shape index (κ3) is 2.94. The molecule has 94 valence electrons. The molecule has 1 fully saturated rings. The van der Waals surface area contributed by atoms with Crippen molar-refractivity contribution in [3.8, 4) is 0 Å². The first-order valence-electron chi connectivity index (χ1n) is 6.01. The highest BCUT2D eigenvalue weighted by molar-refractivity contribution is 6.42. The Hall–Kier alpha value is -0.280. The van der Waals surface area contributed by atoms with Gasteiger partial charge < -0.3 is 5.73 Å². The molecule has 17 heavy (non-hydrogen) atoms. The molecule has 2 rings (SSSR count). The minimum absolute atomic E-state index is 0.259. The number of halogens is 2. The average molecular weight is 273 g/mol. The molecule has 1 aliphatic rings. The third-order valence-electron chi connectivity index (χ3n) is 3.45. The number of nitrogens with two attached hydrogens (primary N) is 1. The summed E-state index contributed by atoms with van der Waals surface area (Å²) in [5.41, 5.74) is 7.06. The summed E-state index contributed by atoms with van der Waals surface area (Å²) in [6.45, 7) is 5.12. The lowest BCUT2D eigenvalue weighted by molar-refractivity contribution is 0.244. The van der Waals surface area contributed by atoms with Gasteiger partial charge in [-0.15, -0.1) is 0 Å². The highest BCUT2D eigenvalue weighted by Crippen LogP contribution is 2.30. The maximum atomic E-state index is 6.06. The molecule has 0 radical (unpaired) electrons. The summed E-state index contributed by atoms with van der Waals surface area (Å²) in [7, 11) is 0. The first kappa shape index (κ1) is 13.2. The number of nitrogens with zero attached hydrogens (tertiary/aromatic N) is 1. The van der Waals surface area contributed by atoms with Crippen LogP contribution in [0.1, 0.15) is 24.9 Å². The fraction of sp³-hybridized carbons (Fsp3) is 0.538.